The van der Waals surface area contributed by atoms with Crippen LogP contribution in [-0.4, -0.2) is 28.9 Å². The van der Waals surface area contributed by atoms with Crippen molar-refractivity contribution in [3.63, 3.8) is 0 Å². The summed E-state index contributed by atoms with van der Waals surface area (Å²) >= 11 is 1.05. The van der Waals surface area contributed by atoms with Crippen molar-refractivity contribution in [1.82, 2.24) is 5.32 Å². The average molecular weight is 360 g/mol. The summed E-state index contributed by atoms with van der Waals surface area (Å²) in [5.74, 6) is -0.426. The van der Waals surface area contributed by atoms with Crippen LogP contribution in [0.15, 0.2) is 24.3 Å². The molecule has 0 radical (unpaired) electrons. The van der Waals surface area contributed by atoms with Gasteiger partial charge in [0.05, 0.1) is 11.4 Å². The van der Waals surface area contributed by atoms with Crippen LogP contribution in [0.5, 0.6) is 0 Å². The van der Waals surface area contributed by atoms with Crippen molar-refractivity contribution in [3.8, 4) is 0 Å². The van der Waals surface area contributed by atoms with E-state index in [4.69, 9.17) is 4.74 Å². The molecule has 0 bridgehead atoms. The van der Waals surface area contributed by atoms with Crippen LogP contribution in [0.1, 0.15) is 25.3 Å². The van der Waals surface area contributed by atoms with Crippen molar-refractivity contribution >= 4 is 29.4 Å². The molecule has 1 aromatic carbocycles. The van der Waals surface area contributed by atoms with E-state index in [1.54, 1.807) is 0 Å². The number of carbonyl (C=O) groups excluding carboxylic acids is 2. The Kier molecular flexibility index (Phi) is 4.15. The molecular formula is C15H15F3N2O3S. The highest BCUT2D eigenvalue weighted by Crippen LogP contribution is 2.36. The summed E-state index contributed by atoms with van der Waals surface area (Å²) in [5, 5.41) is 2.67. The summed E-state index contributed by atoms with van der Waals surface area (Å²) < 4.78 is 43.4. The first-order chi connectivity index (χ1) is 11.2. The normalized spacial score (nSPS) is 22.4. The molecule has 5 nitrogen and oxygen atoms in total. The van der Waals surface area contributed by atoms with Gasteiger partial charge in [0.2, 0.25) is 5.44 Å². The molecule has 1 N–H and O–H groups in total. The lowest BCUT2D eigenvalue weighted by atomic mass is 10.2. The predicted molar refractivity (Wildman–Crippen MR) is 82.4 cm³/mol. The van der Waals surface area contributed by atoms with Gasteiger partial charge in [-0.25, -0.2) is 4.79 Å². The van der Waals surface area contributed by atoms with Crippen LogP contribution in [0, 0.1) is 0 Å². The number of nitrogens with zero attached hydrogens (tertiary/aromatic N) is 1. The van der Waals surface area contributed by atoms with Gasteiger partial charge in [-0.05, 0) is 38.0 Å². The van der Waals surface area contributed by atoms with Gasteiger partial charge in [0.15, 0.2) is 0 Å². The first-order valence-corrected chi connectivity index (χ1v) is 8.32. The van der Waals surface area contributed by atoms with Crippen LogP contribution in [-0.2, 0) is 15.7 Å². The second-order valence-corrected chi connectivity index (χ2v) is 7.05. The Morgan fingerprint density at radius 2 is 2.12 bits per heavy atom. The quantitative estimate of drug-likeness (QED) is 0.898. The van der Waals surface area contributed by atoms with E-state index < -0.39 is 29.2 Å². The van der Waals surface area contributed by atoms with Gasteiger partial charge in [-0.1, -0.05) is 17.8 Å². The number of benzene rings is 1. The minimum Gasteiger partial charge on any atom is -0.425 e. The van der Waals surface area contributed by atoms with Crippen molar-refractivity contribution < 1.29 is 27.5 Å². The van der Waals surface area contributed by atoms with E-state index in [9.17, 15) is 22.8 Å². The molecule has 1 heterocycles. The second-order valence-electron chi connectivity index (χ2n) is 6.03. The van der Waals surface area contributed by atoms with Crippen LogP contribution >= 0.6 is 11.8 Å². The van der Waals surface area contributed by atoms with Crippen LogP contribution in [0.3, 0.4) is 0 Å². The van der Waals surface area contributed by atoms with Gasteiger partial charge in [-0.15, -0.1) is 0 Å². The number of nitrogens with one attached hydrogen (secondary N) is 1. The van der Waals surface area contributed by atoms with Crippen molar-refractivity contribution in [2.24, 2.45) is 0 Å². The van der Waals surface area contributed by atoms with E-state index in [1.807, 2.05) is 6.92 Å². The zero-order valence-electron chi connectivity index (χ0n) is 12.7. The minimum atomic E-state index is -4.48. The molecule has 1 saturated heterocycles. The lowest BCUT2D eigenvalue weighted by Gasteiger charge is -2.18. The van der Waals surface area contributed by atoms with E-state index in [0.717, 1.165) is 36.7 Å². The summed E-state index contributed by atoms with van der Waals surface area (Å²) in [6.45, 7) is 1.87. The first-order valence-electron chi connectivity index (χ1n) is 7.27. The lowest BCUT2D eigenvalue weighted by molar-refractivity contribution is -0.137. The van der Waals surface area contributed by atoms with Crippen LogP contribution in [0.25, 0.3) is 0 Å². The molecule has 0 aromatic heterocycles. The number of ether oxygens (including phenoxy) is 1. The van der Waals surface area contributed by atoms with Gasteiger partial charge in [0.1, 0.15) is 0 Å². The van der Waals surface area contributed by atoms with Crippen molar-refractivity contribution in [3.05, 3.63) is 29.8 Å². The molecule has 1 atom stereocenters. The highest BCUT2D eigenvalue weighted by Gasteiger charge is 2.42. The maximum atomic E-state index is 12.8. The summed E-state index contributed by atoms with van der Waals surface area (Å²) in [5.41, 5.74) is -2.03. The molecule has 1 aliphatic heterocycles. The van der Waals surface area contributed by atoms with Gasteiger partial charge in [-0.3, -0.25) is 9.69 Å². The highest BCUT2D eigenvalue weighted by atomic mass is 32.2. The minimum absolute atomic E-state index is 0.120. The third kappa shape index (κ3) is 3.61. The second kappa shape index (κ2) is 5.87. The number of alkyl carbamates (subject to hydrolysis) is 1. The van der Waals surface area contributed by atoms with Crippen LogP contribution in [0.4, 0.5) is 23.7 Å². The van der Waals surface area contributed by atoms with Gasteiger partial charge in [0, 0.05) is 11.2 Å². The van der Waals surface area contributed by atoms with Crippen LogP contribution in [0.2, 0.25) is 0 Å². The SMILES string of the molecule is CC1(NC(=O)OC2SCN(c3cccc(C(F)(F)F)c3)C2=O)CC1. The smallest absolute Gasteiger partial charge is 0.416 e. The third-order valence-electron chi connectivity index (χ3n) is 3.93. The van der Waals surface area contributed by atoms with Crippen molar-refractivity contribution in [2.45, 2.75) is 36.9 Å². The first kappa shape index (κ1) is 16.9. The fraction of sp³-hybridized carbons (Fsp3) is 0.467. The predicted octanol–water partition coefficient (Wildman–Crippen LogP) is 3.35. The molecule has 1 unspecified atom stereocenters. The zero-order chi connectivity index (χ0) is 17.5. The number of hydrogen-bond acceptors (Lipinski definition) is 4. The summed E-state index contributed by atoms with van der Waals surface area (Å²) in [6.07, 6.45) is -3.47. The number of anilines is 1. The molecule has 1 saturated carbocycles. The summed E-state index contributed by atoms with van der Waals surface area (Å²) in [7, 11) is 0. The molecule has 0 spiro atoms. The van der Waals surface area contributed by atoms with Gasteiger partial charge < -0.3 is 10.1 Å². The Morgan fingerprint density at radius 3 is 2.75 bits per heavy atom. The molecular weight excluding hydrogens is 345 g/mol. The highest BCUT2D eigenvalue weighted by molar-refractivity contribution is 8.01. The molecule has 2 fully saturated rings. The molecule has 2 aliphatic rings. The van der Waals surface area contributed by atoms with E-state index >= 15 is 0 Å². The molecule has 1 aromatic rings. The Labute approximate surface area is 140 Å². The number of hydrogen-bond donors (Lipinski definition) is 1. The van der Waals surface area contributed by atoms with Crippen molar-refractivity contribution in [2.75, 3.05) is 10.8 Å². The maximum absolute atomic E-state index is 12.8. The number of halogens is 3. The van der Waals surface area contributed by atoms with E-state index in [-0.39, 0.29) is 17.1 Å². The van der Waals surface area contributed by atoms with E-state index in [1.165, 1.54) is 17.0 Å². The Balaban J connectivity index is 1.66. The number of alkyl halides is 3. The Hall–Kier alpha value is -1.90. The molecule has 2 amide bonds. The Bertz CT molecular complexity index is 676. The molecule has 130 valence electrons. The van der Waals surface area contributed by atoms with Crippen LogP contribution < -0.4 is 10.2 Å². The Morgan fingerprint density at radius 1 is 1.42 bits per heavy atom. The standard InChI is InChI=1S/C15H15F3N2O3S/c1-14(5-6-14)19-13(22)23-12-11(21)20(8-24-12)10-4-2-3-9(7-10)15(16,17)18/h2-4,7,12H,5-6,8H2,1H3,(H,19,22). The zero-order valence-corrected chi connectivity index (χ0v) is 13.5. The maximum Gasteiger partial charge on any atom is 0.416 e. The third-order valence-corrected chi connectivity index (χ3v) is 4.93. The molecule has 9 heteroatoms. The largest absolute Gasteiger partial charge is 0.425 e. The van der Waals surface area contributed by atoms with E-state index in [0.29, 0.717) is 0 Å². The average Bonchev–Trinajstić information content (AvgIpc) is 3.11. The van der Waals surface area contributed by atoms with Gasteiger partial charge in [0.25, 0.3) is 5.91 Å². The molecule has 1 aliphatic carbocycles. The molecule has 3 rings (SSSR count). The number of rotatable bonds is 3. The van der Waals surface area contributed by atoms with Gasteiger partial charge in [-0.2, -0.15) is 13.2 Å². The number of amides is 2. The topological polar surface area (TPSA) is 58.6 Å². The number of thioether (sulfide) groups is 1. The monoisotopic (exact) mass is 360 g/mol. The summed E-state index contributed by atoms with van der Waals surface area (Å²) in [4.78, 5) is 25.2. The lowest BCUT2D eigenvalue weighted by Crippen LogP contribution is -2.39. The van der Waals surface area contributed by atoms with E-state index in [2.05, 4.69) is 5.32 Å². The number of carbonyl (C=O) groups is 2. The fourth-order valence-corrected chi connectivity index (χ4v) is 3.21. The molecule has 24 heavy (non-hydrogen) atoms. The summed E-state index contributed by atoms with van der Waals surface area (Å²) in [6, 6.07) is 4.51. The van der Waals surface area contributed by atoms with Crippen molar-refractivity contribution in [1.29, 1.82) is 0 Å². The van der Waals surface area contributed by atoms with Gasteiger partial charge >= 0.3 is 12.3 Å². The fourth-order valence-electron chi connectivity index (χ4n) is 2.23.